The molecule has 0 saturated carbocycles. The maximum atomic E-state index is 12.6. The molecule has 2 heterocycles. The molecule has 2 saturated heterocycles. The van der Waals surface area contributed by atoms with Crippen molar-refractivity contribution in [2.24, 2.45) is 0 Å². The molecule has 2 fully saturated rings. The fourth-order valence-electron chi connectivity index (χ4n) is 7.78. The van der Waals surface area contributed by atoms with Crippen LogP contribution in [-0.4, -0.2) is 52.9 Å². The number of nitrogens with one attached hydrogen (secondary N) is 1. The Morgan fingerprint density at radius 1 is 0.731 bits per heavy atom. The minimum absolute atomic E-state index is 0.00813. The van der Waals surface area contributed by atoms with Gasteiger partial charge in [0.2, 0.25) is 5.91 Å². The van der Waals surface area contributed by atoms with Crippen LogP contribution in [0.1, 0.15) is 149 Å². The van der Waals surface area contributed by atoms with Gasteiger partial charge in [-0.1, -0.05) is 163 Å². The molecule has 0 bridgehead atoms. The van der Waals surface area contributed by atoms with E-state index in [1.807, 2.05) is 42.5 Å². The number of likely N-dealkylation sites (tertiary alicyclic amines) is 1. The Labute approximate surface area is 313 Å². The average Bonchev–Trinajstić information content (AvgIpc) is 3.60. The summed E-state index contributed by atoms with van der Waals surface area (Å²) in [5.41, 5.74) is 5.01. The van der Waals surface area contributed by atoms with Gasteiger partial charge < -0.3 is 25.0 Å². The summed E-state index contributed by atoms with van der Waals surface area (Å²) < 4.78 is 13.7. The number of aliphatic hydroxyl groups excluding tert-OH is 2. The molecule has 0 aromatic heterocycles. The van der Waals surface area contributed by atoms with Gasteiger partial charge in [-0.3, -0.25) is 9.69 Å². The van der Waals surface area contributed by atoms with E-state index in [9.17, 15) is 15.0 Å². The fourth-order valence-corrected chi connectivity index (χ4v) is 7.78. The summed E-state index contributed by atoms with van der Waals surface area (Å²) in [5, 5.41) is 23.1. The van der Waals surface area contributed by atoms with Gasteiger partial charge in [0.05, 0.1) is 24.9 Å². The molecule has 5 atom stereocenters. The third kappa shape index (κ3) is 12.8. The number of hydrogen-bond donors (Lipinski definition) is 3. The number of aliphatic hydroxyl groups is 2. The van der Waals surface area contributed by atoms with Gasteiger partial charge in [0.1, 0.15) is 0 Å². The standard InChI is InChI=1S/C45H64N2O5/c1-2-3-4-5-6-7-8-9-10-11-12-13-17-20-42(50)46-31-35-21-27-39(28-22-35)45-51-41(33-47-30-29-40(49)32-47)43(37-18-15-14-16-19-37)44(52-45)38-25-23-36(34-48)24-26-38/h14-16,18-19,21-28,40-41,43-45,48-49H,2-13,17,20,29-34H2,1H3,(H,46,50). The van der Waals surface area contributed by atoms with Crippen LogP contribution in [0, 0.1) is 0 Å². The molecule has 1 amide bonds. The summed E-state index contributed by atoms with van der Waals surface area (Å²) in [6, 6.07) is 26.6. The van der Waals surface area contributed by atoms with Gasteiger partial charge in [-0.2, -0.15) is 0 Å². The van der Waals surface area contributed by atoms with Gasteiger partial charge in [0.25, 0.3) is 0 Å². The van der Waals surface area contributed by atoms with Crippen LogP contribution in [0.15, 0.2) is 78.9 Å². The Morgan fingerprint density at radius 2 is 1.33 bits per heavy atom. The highest BCUT2D eigenvalue weighted by atomic mass is 16.7. The van der Waals surface area contributed by atoms with Crippen LogP contribution in [-0.2, 0) is 27.4 Å². The highest BCUT2D eigenvalue weighted by molar-refractivity contribution is 5.75. The fraction of sp³-hybridized carbons (Fsp3) is 0.578. The molecule has 0 aliphatic carbocycles. The van der Waals surface area contributed by atoms with Crippen molar-refractivity contribution in [1.82, 2.24) is 10.2 Å². The quantitative estimate of drug-likeness (QED) is 0.0900. The van der Waals surface area contributed by atoms with Gasteiger partial charge in [-0.05, 0) is 35.1 Å². The lowest BCUT2D eigenvalue weighted by Gasteiger charge is -2.44. The number of ether oxygens (including phenoxy) is 2. The van der Waals surface area contributed by atoms with Crippen LogP contribution >= 0.6 is 0 Å². The number of carbonyl (C=O) groups is 1. The van der Waals surface area contributed by atoms with Crippen molar-refractivity contribution in [3.05, 3.63) is 107 Å². The Hall–Kier alpha value is -3.07. The summed E-state index contributed by atoms with van der Waals surface area (Å²) in [4.78, 5) is 14.9. The number of unbranched alkanes of at least 4 members (excludes halogenated alkanes) is 12. The van der Waals surface area contributed by atoms with Gasteiger partial charge in [-0.25, -0.2) is 0 Å². The van der Waals surface area contributed by atoms with Crippen molar-refractivity contribution in [2.45, 2.75) is 147 Å². The molecule has 52 heavy (non-hydrogen) atoms. The van der Waals surface area contributed by atoms with Crippen LogP contribution in [0.2, 0.25) is 0 Å². The highest BCUT2D eigenvalue weighted by Crippen LogP contribution is 2.47. The van der Waals surface area contributed by atoms with Crippen molar-refractivity contribution in [1.29, 1.82) is 0 Å². The molecule has 3 aromatic rings. The van der Waals surface area contributed by atoms with E-state index in [2.05, 4.69) is 53.5 Å². The van der Waals surface area contributed by atoms with E-state index in [1.54, 1.807) is 0 Å². The molecule has 2 aliphatic rings. The minimum Gasteiger partial charge on any atom is -0.392 e. The molecule has 7 heteroatoms. The second-order valence-corrected chi connectivity index (χ2v) is 15.1. The van der Waals surface area contributed by atoms with Gasteiger partial charge >= 0.3 is 0 Å². The molecular weight excluding hydrogens is 649 g/mol. The minimum atomic E-state index is -0.584. The van der Waals surface area contributed by atoms with Crippen molar-refractivity contribution < 1.29 is 24.5 Å². The molecule has 5 unspecified atom stereocenters. The van der Waals surface area contributed by atoms with E-state index < -0.39 is 6.29 Å². The predicted octanol–water partition coefficient (Wildman–Crippen LogP) is 9.28. The van der Waals surface area contributed by atoms with E-state index in [0.29, 0.717) is 26.1 Å². The Kier molecular flexibility index (Phi) is 17.1. The van der Waals surface area contributed by atoms with Crippen molar-refractivity contribution in [2.75, 3.05) is 19.6 Å². The first-order chi connectivity index (χ1) is 25.5. The zero-order valence-corrected chi connectivity index (χ0v) is 31.6. The molecule has 3 aromatic carbocycles. The lowest BCUT2D eigenvalue weighted by Crippen LogP contribution is -2.44. The molecule has 2 aliphatic heterocycles. The third-order valence-corrected chi connectivity index (χ3v) is 10.9. The normalized spacial score (nSPS) is 22.1. The van der Waals surface area contributed by atoms with Crippen molar-refractivity contribution >= 4 is 5.91 Å². The molecule has 3 N–H and O–H groups in total. The second kappa shape index (κ2) is 22.2. The van der Waals surface area contributed by atoms with E-state index in [0.717, 1.165) is 53.6 Å². The maximum Gasteiger partial charge on any atom is 0.220 e. The molecular formula is C45H64N2O5. The zero-order chi connectivity index (χ0) is 36.4. The topological polar surface area (TPSA) is 91.3 Å². The summed E-state index contributed by atoms with van der Waals surface area (Å²) in [6.07, 6.45) is 16.9. The van der Waals surface area contributed by atoms with Crippen molar-refractivity contribution in [3.63, 3.8) is 0 Å². The summed E-state index contributed by atoms with van der Waals surface area (Å²) >= 11 is 0. The SMILES string of the molecule is CCCCCCCCCCCCCCCC(=O)NCc1ccc(C2OC(CN3CCC(O)C3)C(c3ccccc3)C(c3ccc(CO)cc3)O2)cc1. The van der Waals surface area contributed by atoms with Crippen LogP contribution in [0.5, 0.6) is 0 Å². The van der Waals surface area contributed by atoms with Crippen LogP contribution < -0.4 is 5.32 Å². The lowest BCUT2D eigenvalue weighted by molar-refractivity contribution is -0.263. The molecule has 0 spiro atoms. The van der Waals surface area contributed by atoms with Crippen LogP contribution in [0.3, 0.4) is 0 Å². The van der Waals surface area contributed by atoms with Gasteiger partial charge in [0.15, 0.2) is 6.29 Å². The van der Waals surface area contributed by atoms with E-state index >= 15 is 0 Å². The lowest BCUT2D eigenvalue weighted by atomic mass is 9.83. The van der Waals surface area contributed by atoms with Crippen LogP contribution in [0.4, 0.5) is 0 Å². The number of amides is 1. The first kappa shape index (κ1) is 40.1. The molecule has 7 nitrogen and oxygen atoms in total. The van der Waals surface area contributed by atoms with E-state index in [4.69, 9.17) is 9.47 Å². The number of rotatable bonds is 22. The zero-order valence-electron chi connectivity index (χ0n) is 31.6. The molecule has 0 radical (unpaired) electrons. The van der Waals surface area contributed by atoms with E-state index in [-0.39, 0.29) is 36.7 Å². The Morgan fingerprint density at radius 3 is 1.92 bits per heavy atom. The highest BCUT2D eigenvalue weighted by Gasteiger charge is 2.43. The molecule has 284 valence electrons. The summed E-state index contributed by atoms with van der Waals surface area (Å²) in [7, 11) is 0. The average molecular weight is 713 g/mol. The summed E-state index contributed by atoms with van der Waals surface area (Å²) in [5.74, 6) is 0.0440. The third-order valence-electron chi connectivity index (χ3n) is 10.9. The predicted molar refractivity (Wildman–Crippen MR) is 209 cm³/mol. The first-order valence-electron chi connectivity index (χ1n) is 20.4. The Bertz CT molecular complexity index is 1420. The largest absolute Gasteiger partial charge is 0.392 e. The van der Waals surface area contributed by atoms with Gasteiger partial charge in [0, 0.05) is 44.1 Å². The number of benzene rings is 3. The first-order valence-corrected chi connectivity index (χ1v) is 20.4. The number of β-amino-alcohol motifs (C(OH)–C–C–N with tert-alkyl or cyclic N) is 1. The summed E-state index contributed by atoms with van der Waals surface area (Å²) in [6.45, 7) is 4.93. The number of hydrogen-bond acceptors (Lipinski definition) is 6. The van der Waals surface area contributed by atoms with Crippen molar-refractivity contribution in [3.8, 4) is 0 Å². The van der Waals surface area contributed by atoms with E-state index in [1.165, 1.54) is 70.6 Å². The van der Waals surface area contributed by atoms with Gasteiger partial charge in [-0.15, -0.1) is 0 Å². The molecule has 5 rings (SSSR count). The smallest absolute Gasteiger partial charge is 0.220 e. The monoisotopic (exact) mass is 712 g/mol. The maximum absolute atomic E-state index is 12.6. The second-order valence-electron chi connectivity index (χ2n) is 15.1. The number of nitrogens with zero attached hydrogens (tertiary/aromatic N) is 1. The Balaban J connectivity index is 1.12. The number of carbonyl (C=O) groups excluding carboxylic acids is 1. The van der Waals surface area contributed by atoms with Crippen LogP contribution in [0.25, 0.3) is 0 Å².